The highest BCUT2D eigenvalue weighted by atomic mass is 32.2. The number of amides is 1. The largest absolute Gasteiger partial charge is 0.496 e. The summed E-state index contributed by atoms with van der Waals surface area (Å²) in [6.45, 7) is 0. The maximum Gasteiger partial charge on any atom is 0.320 e. The first-order valence-corrected chi connectivity index (χ1v) is 11.9. The third-order valence-electron chi connectivity index (χ3n) is 6.69. The van der Waals surface area contributed by atoms with Crippen LogP contribution >= 0.6 is 0 Å². The molecular formula is C23H23N3O6S. The molecule has 0 radical (unpaired) electrons. The lowest BCUT2D eigenvalue weighted by Crippen LogP contribution is -2.55. The van der Waals surface area contributed by atoms with Crippen LogP contribution in [0.25, 0.3) is 17.1 Å². The van der Waals surface area contributed by atoms with Crippen molar-refractivity contribution in [3.63, 3.8) is 0 Å². The van der Waals surface area contributed by atoms with Crippen molar-refractivity contribution in [2.45, 2.75) is 18.8 Å². The lowest BCUT2D eigenvalue weighted by Gasteiger charge is -2.39. The second kappa shape index (κ2) is 7.06. The number of allylic oxidation sites excluding steroid dienone is 5. The summed E-state index contributed by atoms with van der Waals surface area (Å²) in [6.07, 6.45) is 6.12. The van der Waals surface area contributed by atoms with E-state index in [1.807, 2.05) is 51.9 Å². The van der Waals surface area contributed by atoms with Crippen LogP contribution in [-0.2, 0) is 19.8 Å². The molecule has 2 heterocycles. The Balaban J connectivity index is 1.77. The van der Waals surface area contributed by atoms with Crippen LogP contribution in [0.15, 0.2) is 53.1 Å². The fraction of sp³-hybridized carbons (Fsp3) is 0.304. The van der Waals surface area contributed by atoms with Gasteiger partial charge in [0, 0.05) is 31.4 Å². The molecule has 33 heavy (non-hydrogen) atoms. The topological polar surface area (TPSA) is 118 Å². The van der Waals surface area contributed by atoms with E-state index in [1.54, 1.807) is 7.11 Å². The van der Waals surface area contributed by atoms with Gasteiger partial charge in [0.05, 0.1) is 18.5 Å². The van der Waals surface area contributed by atoms with Crippen molar-refractivity contribution in [3.8, 4) is 5.75 Å². The summed E-state index contributed by atoms with van der Waals surface area (Å²) in [7, 11) is -0.0772. The van der Waals surface area contributed by atoms with E-state index in [9.17, 15) is 23.1 Å². The molecule has 10 heteroatoms. The SMILES string of the molecule is COc1cccc2c1cc1n2C=C2C=C2C2=CCCC(C(=O)O)(C(=O)NS(=O)(=O)N(C)C)C21. The Morgan fingerprint density at radius 1 is 1.30 bits per heavy atom. The first-order valence-electron chi connectivity index (χ1n) is 10.4. The van der Waals surface area contributed by atoms with Crippen molar-refractivity contribution in [2.75, 3.05) is 21.2 Å². The molecule has 0 saturated heterocycles. The number of hydrogen-bond donors (Lipinski definition) is 2. The number of carbonyl (C=O) groups is 2. The molecule has 0 spiro atoms. The van der Waals surface area contributed by atoms with Crippen molar-refractivity contribution in [3.05, 3.63) is 58.8 Å². The molecule has 3 aliphatic rings. The van der Waals surface area contributed by atoms with Crippen molar-refractivity contribution < 1.29 is 27.9 Å². The molecule has 0 saturated carbocycles. The third kappa shape index (κ3) is 2.97. The molecule has 2 N–H and O–H groups in total. The Morgan fingerprint density at radius 3 is 2.73 bits per heavy atom. The number of aliphatic carboxylic acids is 1. The predicted octanol–water partition coefficient (Wildman–Crippen LogP) is 2.24. The smallest absolute Gasteiger partial charge is 0.320 e. The predicted molar refractivity (Wildman–Crippen MR) is 122 cm³/mol. The zero-order valence-electron chi connectivity index (χ0n) is 18.3. The lowest BCUT2D eigenvalue weighted by molar-refractivity contribution is -0.157. The summed E-state index contributed by atoms with van der Waals surface area (Å²) in [5.41, 5.74) is 1.97. The van der Waals surface area contributed by atoms with Gasteiger partial charge in [-0.15, -0.1) is 0 Å². The van der Waals surface area contributed by atoms with Gasteiger partial charge in [0.25, 0.3) is 5.91 Å². The average Bonchev–Trinajstić information content (AvgIpc) is 3.46. The number of ether oxygens (including phenoxy) is 1. The zero-order valence-corrected chi connectivity index (χ0v) is 19.1. The number of fused-ring (bicyclic) bond motifs is 7. The van der Waals surface area contributed by atoms with E-state index in [-0.39, 0.29) is 6.42 Å². The molecule has 2 atom stereocenters. The molecule has 1 amide bonds. The first-order chi connectivity index (χ1) is 15.6. The van der Waals surface area contributed by atoms with Crippen molar-refractivity contribution in [2.24, 2.45) is 5.41 Å². The van der Waals surface area contributed by atoms with Crippen LogP contribution in [0.1, 0.15) is 24.5 Å². The number of carboxylic acids is 1. The highest BCUT2D eigenvalue weighted by Crippen LogP contribution is 2.57. The number of carboxylic acid groups (broad SMARTS) is 1. The van der Waals surface area contributed by atoms with E-state index in [4.69, 9.17) is 4.74 Å². The molecule has 2 aromatic rings. The van der Waals surface area contributed by atoms with Crippen LogP contribution < -0.4 is 9.46 Å². The van der Waals surface area contributed by atoms with Crippen LogP contribution in [-0.4, -0.2) is 55.5 Å². The summed E-state index contributed by atoms with van der Waals surface area (Å²) >= 11 is 0. The van der Waals surface area contributed by atoms with Gasteiger partial charge in [0.1, 0.15) is 5.75 Å². The minimum Gasteiger partial charge on any atom is -0.496 e. The maximum absolute atomic E-state index is 13.5. The van der Waals surface area contributed by atoms with Gasteiger partial charge >= 0.3 is 16.2 Å². The van der Waals surface area contributed by atoms with Gasteiger partial charge in [-0.2, -0.15) is 12.7 Å². The number of carbonyl (C=O) groups excluding carboxylic acids is 1. The minimum atomic E-state index is -4.18. The summed E-state index contributed by atoms with van der Waals surface area (Å²) < 4.78 is 35.2. The van der Waals surface area contributed by atoms with Gasteiger partial charge in [0.2, 0.25) is 0 Å². The second-order valence-corrected chi connectivity index (χ2v) is 10.5. The van der Waals surface area contributed by atoms with Crippen LogP contribution in [0.2, 0.25) is 0 Å². The van der Waals surface area contributed by atoms with E-state index in [0.717, 1.165) is 31.9 Å². The van der Waals surface area contributed by atoms with Gasteiger partial charge in [0.15, 0.2) is 5.41 Å². The summed E-state index contributed by atoms with van der Waals surface area (Å²) in [4.78, 5) is 26.4. The molecule has 172 valence electrons. The van der Waals surface area contributed by atoms with E-state index in [2.05, 4.69) is 0 Å². The molecule has 5 rings (SSSR count). The first kappa shape index (κ1) is 21.5. The third-order valence-corrected chi connectivity index (χ3v) is 8.10. The summed E-state index contributed by atoms with van der Waals surface area (Å²) in [6, 6.07) is 7.40. The van der Waals surface area contributed by atoms with Gasteiger partial charge in [-0.25, -0.2) is 4.72 Å². The molecule has 1 aromatic carbocycles. The molecule has 1 aliphatic heterocycles. The number of methoxy groups -OCH3 is 1. The number of rotatable bonds is 5. The Hall–Kier alpha value is -3.37. The molecule has 1 aromatic heterocycles. The number of hydrogen-bond acceptors (Lipinski definition) is 5. The number of nitrogens with one attached hydrogen (secondary N) is 1. The van der Waals surface area contributed by atoms with E-state index < -0.39 is 33.4 Å². The van der Waals surface area contributed by atoms with Crippen LogP contribution in [0.4, 0.5) is 0 Å². The fourth-order valence-electron chi connectivity index (χ4n) is 4.94. The minimum absolute atomic E-state index is 0.0352. The Bertz CT molecular complexity index is 1430. The molecular weight excluding hydrogens is 446 g/mol. The van der Waals surface area contributed by atoms with E-state index in [0.29, 0.717) is 17.9 Å². The van der Waals surface area contributed by atoms with Crippen LogP contribution in [0.5, 0.6) is 5.75 Å². The quantitative estimate of drug-likeness (QED) is 0.649. The summed E-state index contributed by atoms with van der Waals surface area (Å²) in [5.74, 6) is -2.68. The van der Waals surface area contributed by atoms with Gasteiger partial charge in [-0.1, -0.05) is 12.1 Å². The van der Waals surface area contributed by atoms with Crippen molar-refractivity contribution >= 4 is 39.2 Å². The van der Waals surface area contributed by atoms with E-state index >= 15 is 0 Å². The molecule has 2 unspecified atom stereocenters. The average molecular weight is 470 g/mol. The highest BCUT2D eigenvalue weighted by Gasteiger charge is 2.58. The van der Waals surface area contributed by atoms with Gasteiger partial charge < -0.3 is 14.4 Å². The standard InChI is InChI=1S/C23H23N3O6S/c1-25(2)33(30,31)24-21(27)23(22(28)29)9-5-6-14-15-10-13(15)12-26-17-7-4-8-19(32-3)16(17)11-18(26)20(14)23/h4,6-8,10-12,20H,5,9H2,1-3H3,(H,24,27)(H,28,29). The number of benzene rings is 1. The Morgan fingerprint density at radius 2 is 2.06 bits per heavy atom. The maximum atomic E-state index is 13.5. The highest BCUT2D eigenvalue weighted by molar-refractivity contribution is 7.87. The summed E-state index contributed by atoms with van der Waals surface area (Å²) in [5, 5.41) is 11.2. The molecule has 0 fully saturated rings. The zero-order chi connectivity index (χ0) is 23.7. The number of nitrogens with zero attached hydrogens (tertiary/aromatic N) is 2. The fourth-order valence-corrected chi connectivity index (χ4v) is 5.53. The lowest BCUT2D eigenvalue weighted by atomic mass is 9.63. The van der Waals surface area contributed by atoms with Crippen molar-refractivity contribution in [1.82, 2.24) is 13.6 Å². The number of aromatic nitrogens is 1. The van der Waals surface area contributed by atoms with Crippen molar-refractivity contribution in [1.29, 1.82) is 0 Å². The van der Waals surface area contributed by atoms with Gasteiger partial charge in [-0.05, 0) is 53.8 Å². The Labute approximate surface area is 190 Å². The monoisotopic (exact) mass is 469 g/mol. The molecule has 2 aliphatic carbocycles. The molecule has 9 nitrogen and oxygen atoms in total. The van der Waals surface area contributed by atoms with Gasteiger partial charge in [-0.3, -0.25) is 9.59 Å². The van der Waals surface area contributed by atoms with E-state index in [1.165, 1.54) is 14.1 Å². The molecule has 0 bridgehead atoms. The Kier molecular flexibility index (Phi) is 4.60. The normalized spacial score (nSPS) is 23.4. The van der Waals surface area contributed by atoms with Crippen LogP contribution in [0.3, 0.4) is 0 Å². The van der Waals surface area contributed by atoms with Crippen LogP contribution in [0, 0.1) is 5.41 Å². The second-order valence-electron chi connectivity index (χ2n) is 8.60.